The number of nitrogens with zero attached hydrogens (tertiary/aromatic N) is 1. The Morgan fingerprint density at radius 2 is 1.73 bits per heavy atom. The fourth-order valence-corrected chi connectivity index (χ4v) is 3.94. The second-order valence-electron chi connectivity index (χ2n) is 8.53. The van der Waals surface area contributed by atoms with E-state index >= 15 is 0 Å². The van der Waals surface area contributed by atoms with Gasteiger partial charge in [0, 0.05) is 21.8 Å². The van der Waals surface area contributed by atoms with Crippen LogP contribution in [0.3, 0.4) is 0 Å². The van der Waals surface area contributed by atoms with E-state index in [-0.39, 0.29) is 11.9 Å². The largest absolute Gasteiger partial charge is 0.323 e. The van der Waals surface area contributed by atoms with Gasteiger partial charge in [-0.25, -0.2) is 9.79 Å². The van der Waals surface area contributed by atoms with Crippen molar-refractivity contribution in [2.45, 2.75) is 33.6 Å². The average Bonchev–Trinajstić information content (AvgIpc) is 2.78. The van der Waals surface area contributed by atoms with Crippen molar-refractivity contribution in [3.8, 4) is 0 Å². The van der Waals surface area contributed by atoms with Crippen molar-refractivity contribution in [3.05, 3.63) is 99.5 Å². The van der Waals surface area contributed by atoms with Crippen molar-refractivity contribution in [1.82, 2.24) is 0 Å². The third-order valence-electron chi connectivity index (χ3n) is 5.25. The van der Waals surface area contributed by atoms with Gasteiger partial charge in [0.25, 0.3) is 0 Å². The Labute approximate surface area is 205 Å². The summed E-state index contributed by atoms with van der Waals surface area (Å²) in [5, 5.41) is 5.90. The number of aliphatic imine (C=N–C) groups is 1. The maximum absolute atomic E-state index is 12.7. The van der Waals surface area contributed by atoms with Crippen molar-refractivity contribution in [1.29, 1.82) is 0 Å². The SMILES string of the molecule is Cc1ccc(NC(=O)Nc2cc(Br)cc(C(C=C=NCC(C)C)c3ccccc3)c2C)cc1. The Morgan fingerprint density at radius 1 is 1.03 bits per heavy atom. The quantitative estimate of drug-likeness (QED) is 0.318. The number of amides is 2. The minimum absolute atomic E-state index is 0.0414. The Bertz CT molecular complexity index is 1150. The first-order valence-electron chi connectivity index (χ1n) is 11.1. The molecule has 4 nitrogen and oxygen atoms in total. The van der Waals surface area contributed by atoms with Crippen molar-refractivity contribution in [3.63, 3.8) is 0 Å². The van der Waals surface area contributed by atoms with Crippen LogP contribution in [-0.2, 0) is 0 Å². The number of nitrogens with one attached hydrogen (secondary N) is 2. The zero-order chi connectivity index (χ0) is 23.8. The number of hydrogen-bond acceptors (Lipinski definition) is 2. The lowest BCUT2D eigenvalue weighted by Gasteiger charge is -2.19. The highest BCUT2D eigenvalue weighted by Crippen LogP contribution is 2.34. The molecule has 170 valence electrons. The molecule has 0 aromatic heterocycles. The number of allylic oxidation sites excluding steroid dienone is 1. The predicted octanol–water partition coefficient (Wildman–Crippen LogP) is 7.72. The minimum Gasteiger partial charge on any atom is -0.308 e. The van der Waals surface area contributed by atoms with Gasteiger partial charge in [-0.15, -0.1) is 0 Å². The van der Waals surface area contributed by atoms with E-state index in [2.05, 4.69) is 69.5 Å². The lowest BCUT2D eigenvalue weighted by molar-refractivity contribution is 0.262. The second kappa shape index (κ2) is 11.6. The Balaban J connectivity index is 1.92. The number of halogens is 1. The molecule has 0 aliphatic rings. The number of carbonyl (C=O) groups is 1. The molecule has 0 bridgehead atoms. The zero-order valence-corrected chi connectivity index (χ0v) is 21.1. The summed E-state index contributed by atoms with van der Waals surface area (Å²) >= 11 is 3.62. The van der Waals surface area contributed by atoms with Crippen molar-refractivity contribution >= 4 is 39.2 Å². The molecule has 2 amide bonds. The van der Waals surface area contributed by atoms with Crippen molar-refractivity contribution in [2.24, 2.45) is 10.9 Å². The number of anilines is 2. The Hall–Kier alpha value is -3.14. The molecule has 0 heterocycles. The summed E-state index contributed by atoms with van der Waals surface area (Å²) in [4.78, 5) is 17.1. The molecule has 0 saturated carbocycles. The first kappa shape index (κ1) is 24.5. The van der Waals surface area contributed by atoms with Gasteiger partial charge in [0.2, 0.25) is 0 Å². The molecule has 0 aliphatic heterocycles. The van der Waals surface area contributed by atoms with E-state index in [0.717, 1.165) is 44.6 Å². The Morgan fingerprint density at radius 3 is 2.39 bits per heavy atom. The maximum Gasteiger partial charge on any atom is 0.323 e. The van der Waals surface area contributed by atoms with Gasteiger partial charge in [-0.05, 0) is 72.7 Å². The van der Waals surface area contributed by atoms with Crippen LogP contribution in [0, 0.1) is 19.8 Å². The molecule has 0 radical (unpaired) electrons. The highest BCUT2D eigenvalue weighted by molar-refractivity contribution is 9.10. The average molecular weight is 504 g/mol. The monoisotopic (exact) mass is 503 g/mol. The first-order chi connectivity index (χ1) is 15.8. The molecule has 0 aliphatic carbocycles. The summed E-state index contributed by atoms with van der Waals surface area (Å²) in [5.74, 6) is 3.58. The standard InChI is InChI=1S/C28H30BrN3O/c1-19(2)18-30-15-14-25(22-8-6-5-7-9-22)26-16-23(29)17-27(21(26)4)32-28(33)31-24-12-10-20(3)11-13-24/h5-14,16-17,19,25H,18H2,1-4H3,(H2,31,32,33). The van der Waals surface area contributed by atoms with Crippen LogP contribution in [0.2, 0.25) is 0 Å². The summed E-state index contributed by atoms with van der Waals surface area (Å²) in [5.41, 5.74) is 5.85. The normalized spacial score (nSPS) is 11.5. The Kier molecular flexibility index (Phi) is 8.65. The number of rotatable bonds is 7. The van der Waals surface area contributed by atoms with Crippen LogP contribution in [-0.4, -0.2) is 18.4 Å². The van der Waals surface area contributed by atoms with E-state index in [1.165, 1.54) is 0 Å². The molecule has 3 rings (SSSR count). The molecule has 3 aromatic carbocycles. The molecular weight excluding hydrogens is 474 g/mol. The van der Waals surface area contributed by atoms with Gasteiger partial charge in [0.05, 0.1) is 6.54 Å². The van der Waals surface area contributed by atoms with Gasteiger partial charge in [-0.1, -0.05) is 77.8 Å². The van der Waals surface area contributed by atoms with Crippen LogP contribution in [0.15, 0.2) is 82.3 Å². The number of urea groups is 1. The van der Waals surface area contributed by atoms with Crippen LogP contribution in [0.25, 0.3) is 0 Å². The van der Waals surface area contributed by atoms with E-state index in [4.69, 9.17) is 0 Å². The lowest BCUT2D eigenvalue weighted by Crippen LogP contribution is -2.20. The van der Waals surface area contributed by atoms with Crippen LogP contribution < -0.4 is 10.6 Å². The number of hydrogen-bond donors (Lipinski definition) is 2. The van der Waals surface area contributed by atoms with Gasteiger partial charge < -0.3 is 10.6 Å². The lowest BCUT2D eigenvalue weighted by atomic mass is 9.88. The first-order valence-corrected chi connectivity index (χ1v) is 11.9. The third-order valence-corrected chi connectivity index (χ3v) is 5.71. The third kappa shape index (κ3) is 7.18. The second-order valence-corrected chi connectivity index (χ2v) is 9.45. The fourth-order valence-electron chi connectivity index (χ4n) is 3.46. The summed E-state index contributed by atoms with van der Waals surface area (Å²) in [6.45, 7) is 9.05. The van der Waals surface area contributed by atoms with Crippen LogP contribution in [0.5, 0.6) is 0 Å². The van der Waals surface area contributed by atoms with E-state index < -0.39 is 0 Å². The van der Waals surface area contributed by atoms with Gasteiger partial charge >= 0.3 is 6.03 Å². The summed E-state index contributed by atoms with van der Waals surface area (Å²) in [7, 11) is 0. The summed E-state index contributed by atoms with van der Waals surface area (Å²) < 4.78 is 0.891. The van der Waals surface area contributed by atoms with E-state index in [9.17, 15) is 4.79 Å². The van der Waals surface area contributed by atoms with Gasteiger partial charge in [-0.3, -0.25) is 0 Å². The van der Waals surface area contributed by atoms with Gasteiger partial charge in [0.15, 0.2) is 0 Å². The molecule has 0 fully saturated rings. The molecule has 3 aromatic rings. The smallest absolute Gasteiger partial charge is 0.308 e. The number of carbonyl (C=O) groups excluding carboxylic acids is 1. The van der Waals surface area contributed by atoms with E-state index in [1.807, 2.05) is 68.5 Å². The fraction of sp³-hybridized carbons (Fsp3) is 0.250. The molecule has 1 atom stereocenters. The topological polar surface area (TPSA) is 53.5 Å². The van der Waals surface area contributed by atoms with Gasteiger partial charge in [0.1, 0.15) is 0 Å². The van der Waals surface area contributed by atoms with E-state index in [0.29, 0.717) is 5.92 Å². The van der Waals surface area contributed by atoms with E-state index in [1.54, 1.807) is 0 Å². The predicted molar refractivity (Wildman–Crippen MR) is 143 cm³/mol. The number of aryl methyl sites for hydroxylation is 1. The summed E-state index contributed by atoms with van der Waals surface area (Å²) in [6.07, 6.45) is 2.00. The molecular formula is C28H30BrN3O. The molecule has 33 heavy (non-hydrogen) atoms. The van der Waals surface area contributed by atoms with Crippen molar-refractivity contribution < 1.29 is 4.79 Å². The van der Waals surface area contributed by atoms with Gasteiger partial charge in [-0.2, -0.15) is 0 Å². The number of benzene rings is 3. The van der Waals surface area contributed by atoms with Crippen LogP contribution in [0.4, 0.5) is 16.2 Å². The summed E-state index contributed by atoms with van der Waals surface area (Å²) in [6, 6.07) is 21.7. The molecule has 5 heteroatoms. The molecule has 0 saturated heterocycles. The zero-order valence-electron chi connectivity index (χ0n) is 19.5. The molecule has 0 spiro atoms. The molecule has 1 unspecified atom stereocenters. The highest BCUT2D eigenvalue weighted by Gasteiger charge is 2.18. The van der Waals surface area contributed by atoms with Crippen LogP contribution >= 0.6 is 15.9 Å². The van der Waals surface area contributed by atoms with Crippen molar-refractivity contribution in [2.75, 3.05) is 17.2 Å². The molecule has 2 N–H and O–H groups in total. The maximum atomic E-state index is 12.7. The minimum atomic E-state index is -0.281. The highest BCUT2D eigenvalue weighted by atomic mass is 79.9. The van der Waals surface area contributed by atoms with Crippen LogP contribution in [0.1, 0.15) is 42.0 Å².